The zero-order valence-electron chi connectivity index (χ0n) is 11.0. The highest BCUT2D eigenvalue weighted by Crippen LogP contribution is 2.24. The molecule has 0 atom stereocenters. The molecule has 1 N–H and O–H groups in total. The van der Waals surface area contributed by atoms with Gasteiger partial charge in [0.15, 0.2) is 0 Å². The van der Waals surface area contributed by atoms with Gasteiger partial charge in [-0.2, -0.15) is 0 Å². The van der Waals surface area contributed by atoms with Crippen molar-refractivity contribution < 1.29 is 4.92 Å². The molecule has 0 aromatic carbocycles. The third-order valence-corrected chi connectivity index (χ3v) is 3.07. The first-order valence-corrected chi connectivity index (χ1v) is 5.81. The molecule has 2 aromatic rings. The Kier molecular flexibility index (Phi) is 3.46. The Hall–Kier alpha value is -2.44. The molecule has 2 aromatic heterocycles. The predicted molar refractivity (Wildman–Crippen MR) is 70.9 cm³/mol. The first kappa shape index (κ1) is 13.0. The van der Waals surface area contributed by atoms with Crippen molar-refractivity contribution in [1.82, 2.24) is 14.5 Å². The van der Waals surface area contributed by atoms with E-state index in [0.29, 0.717) is 18.2 Å². The second kappa shape index (κ2) is 5.05. The van der Waals surface area contributed by atoms with Crippen LogP contribution in [0.5, 0.6) is 0 Å². The van der Waals surface area contributed by atoms with Crippen LogP contribution in [-0.4, -0.2) is 19.5 Å². The van der Waals surface area contributed by atoms with E-state index in [0.717, 1.165) is 11.1 Å². The molecular formula is C12H15N5O2. The largest absolute Gasteiger partial charge is 0.406 e. The van der Waals surface area contributed by atoms with Gasteiger partial charge in [-0.25, -0.2) is 0 Å². The predicted octanol–water partition coefficient (Wildman–Crippen LogP) is 1.95. The number of pyridine rings is 1. The summed E-state index contributed by atoms with van der Waals surface area (Å²) in [6.45, 7) is 4.18. The van der Waals surface area contributed by atoms with E-state index in [1.807, 2.05) is 13.0 Å². The van der Waals surface area contributed by atoms with Crippen LogP contribution in [0.15, 0.2) is 18.5 Å². The number of rotatable bonds is 4. The van der Waals surface area contributed by atoms with Crippen LogP contribution in [0.3, 0.4) is 0 Å². The standard InChI is InChI=1S/C12H15N5O2/c1-8-4-5-13-6-10(8)7-14-11-12(17(18)19)15-9(2)16(11)3/h4-6,14H,7H2,1-3H3. The number of aromatic nitrogens is 3. The Bertz CT molecular complexity index is 621. The summed E-state index contributed by atoms with van der Waals surface area (Å²) >= 11 is 0. The molecule has 0 aliphatic rings. The fourth-order valence-electron chi connectivity index (χ4n) is 1.78. The lowest BCUT2D eigenvalue weighted by Gasteiger charge is -2.08. The van der Waals surface area contributed by atoms with Crippen molar-refractivity contribution in [2.75, 3.05) is 5.32 Å². The highest BCUT2D eigenvalue weighted by Gasteiger charge is 2.23. The van der Waals surface area contributed by atoms with Gasteiger partial charge in [-0.15, -0.1) is 0 Å². The fourth-order valence-corrected chi connectivity index (χ4v) is 1.78. The highest BCUT2D eigenvalue weighted by molar-refractivity contribution is 5.53. The van der Waals surface area contributed by atoms with Gasteiger partial charge in [-0.05, 0) is 34.0 Å². The van der Waals surface area contributed by atoms with Gasteiger partial charge >= 0.3 is 5.82 Å². The van der Waals surface area contributed by atoms with Crippen LogP contribution < -0.4 is 5.32 Å². The zero-order valence-corrected chi connectivity index (χ0v) is 11.0. The summed E-state index contributed by atoms with van der Waals surface area (Å²) in [5.41, 5.74) is 2.08. The van der Waals surface area contributed by atoms with Crippen LogP contribution in [0.4, 0.5) is 11.6 Å². The lowest BCUT2D eigenvalue weighted by Crippen LogP contribution is -2.07. The molecule has 0 bridgehead atoms. The van der Waals surface area contributed by atoms with E-state index in [-0.39, 0.29) is 5.82 Å². The van der Waals surface area contributed by atoms with E-state index >= 15 is 0 Å². The molecule has 0 fully saturated rings. The molecule has 0 spiro atoms. The van der Waals surface area contributed by atoms with E-state index in [2.05, 4.69) is 15.3 Å². The van der Waals surface area contributed by atoms with Crippen molar-refractivity contribution in [2.45, 2.75) is 20.4 Å². The van der Waals surface area contributed by atoms with Gasteiger partial charge in [0, 0.05) is 32.9 Å². The number of nitrogens with zero attached hydrogens (tertiary/aromatic N) is 4. The SMILES string of the molecule is Cc1ccncc1CNc1c([N+](=O)[O-])nc(C)n1C. The second-order valence-corrected chi connectivity index (χ2v) is 4.30. The normalized spacial score (nSPS) is 10.5. The lowest BCUT2D eigenvalue weighted by molar-refractivity contribution is -0.388. The van der Waals surface area contributed by atoms with Crippen molar-refractivity contribution in [2.24, 2.45) is 7.05 Å². The highest BCUT2D eigenvalue weighted by atomic mass is 16.6. The van der Waals surface area contributed by atoms with E-state index in [1.54, 1.807) is 30.9 Å². The maximum absolute atomic E-state index is 10.9. The molecule has 0 unspecified atom stereocenters. The minimum atomic E-state index is -0.481. The van der Waals surface area contributed by atoms with Crippen molar-refractivity contribution in [3.63, 3.8) is 0 Å². The molecule has 0 aliphatic heterocycles. The lowest BCUT2D eigenvalue weighted by atomic mass is 10.1. The van der Waals surface area contributed by atoms with E-state index in [1.165, 1.54) is 0 Å². The van der Waals surface area contributed by atoms with Crippen LogP contribution in [0.25, 0.3) is 0 Å². The molecule has 7 heteroatoms. The Morgan fingerprint density at radius 3 is 2.84 bits per heavy atom. The van der Waals surface area contributed by atoms with E-state index < -0.39 is 4.92 Å². The summed E-state index contributed by atoms with van der Waals surface area (Å²) < 4.78 is 1.67. The molecule has 0 saturated carbocycles. The van der Waals surface area contributed by atoms with Crippen LogP contribution in [0.1, 0.15) is 17.0 Å². The molecule has 7 nitrogen and oxygen atoms in total. The molecule has 19 heavy (non-hydrogen) atoms. The van der Waals surface area contributed by atoms with Gasteiger partial charge in [0.25, 0.3) is 0 Å². The third-order valence-electron chi connectivity index (χ3n) is 3.07. The Balaban J connectivity index is 2.25. The molecule has 2 rings (SSSR count). The first-order valence-electron chi connectivity index (χ1n) is 5.81. The van der Waals surface area contributed by atoms with Crippen molar-refractivity contribution in [3.8, 4) is 0 Å². The molecular weight excluding hydrogens is 246 g/mol. The minimum Gasteiger partial charge on any atom is -0.360 e. The Morgan fingerprint density at radius 2 is 2.21 bits per heavy atom. The quantitative estimate of drug-likeness (QED) is 0.671. The third kappa shape index (κ3) is 2.54. The van der Waals surface area contributed by atoms with Gasteiger partial charge in [-0.1, -0.05) is 0 Å². The van der Waals surface area contributed by atoms with Crippen LogP contribution in [0.2, 0.25) is 0 Å². The first-order chi connectivity index (χ1) is 9.00. The van der Waals surface area contributed by atoms with Crippen LogP contribution in [0, 0.1) is 24.0 Å². The van der Waals surface area contributed by atoms with Gasteiger partial charge < -0.3 is 15.4 Å². The number of hydrogen-bond donors (Lipinski definition) is 1. The number of imidazole rings is 1. The fraction of sp³-hybridized carbons (Fsp3) is 0.333. The zero-order chi connectivity index (χ0) is 14.0. The molecule has 0 radical (unpaired) electrons. The Labute approximate surface area is 110 Å². The van der Waals surface area contributed by atoms with Crippen molar-refractivity contribution in [1.29, 1.82) is 0 Å². The summed E-state index contributed by atoms with van der Waals surface area (Å²) in [6, 6.07) is 1.90. The van der Waals surface area contributed by atoms with Crippen molar-refractivity contribution in [3.05, 3.63) is 45.5 Å². The molecule has 2 heterocycles. The second-order valence-electron chi connectivity index (χ2n) is 4.30. The number of anilines is 1. The summed E-state index contributed by atoms with van der Waals surface area (Å²) in [5, 5.41) is 14.0. The Morgan fingerprint density at radius 1 is 1.47 bits per heavy atom. The number of aryl methyl sites for hydroxylation is 2. The van der Waals surface area contributed by atoms with Crippen LogP contribution >= 0.6 is 0 Å². The minimum absolute atomic E-state index is 0.151. The number of nitrogens with one attached hydrogen (secondary N) is 1. The van der Waals surface area contributed by atoms with Crippen molar-refractivity contribution >= 4 is 11.6 Å². The smallest absolute Gasteiger partial charge is 0.360 e. The number of hydrogen-bond acceptors (Lipinski definition) is 5. The molecule has 0 saturated heterocycles. The average molecular weight is 261 g/mol. The van der Waals surface area contributed by atoms with E-state index in [9.17, 15) is 10.1 Å². The summed E-state index contributed by atoms with van der Waals surface area (Å²) in [6.07, 6.45) is 3.47. The summed E-state index contributed by atoms with van der Waals surface area (Å²) in [5.74, 6) is 0.851. The molecule has 100 valence electrons. The van der Waals surface area contributed by atoms with E-state index in [4.69, 9.17) is 0 Å². The average Bonchev–Trinajstić information content (AvgIpc) is 2.65. The molecule has 0 aliphatic carbocycles. The van der Waals surface area contributed by atoms with Crippen LogP contribution in [-0.2, 0) is 13.6 Å². The van der Waals surface area contributed by atoms with Gasteiger partial charge in [-0.3, -0.25) is 9.55 Å². The number of nitro groups is 1. The summed E-state index contributed by atoms with van der Waals surface area (Å²) in [7, 11) is 1.74. The maximum Gasteiger partial charge on any atom is 0.406 e. The monoisotopic (exact) mass is 261 g/mol. The van der Waals surface area contributed by atoms with Gasteiger partial charge in [0.05, 0.1) is 0 Å². The summed E-state index contributed by atoms with van der Waals surface area (Å²) in [4.78, 5) is 18.4. The molecule has 0 amide bonds. The van der Waals surface area contributed by atoms with Gasteiger partial charge in [0.1, 0.15) is 0 Å². The maximum atomic E-state index is 10.9. The topological polar surface area (TPSA) is 85.9 Å². The van der Waals surface area contributed by atoms with Gasteiger partial charge in [0.2, 0.25) is 11.6 Å².